The van der Waals surface area contributed by atoms with E-state index in [2.05, 4.69) is 9.82 Å². The molecule has 1 heterocycles. The molecule has 0 saturated heterocycles. The summed E-state index contributed by atoms with van der Waals surface area (Å²) in [4.78, 5) is 0.201. The third kappa shape index (κ3) is 2.85. The molecule has 7 heteroatoms. The SMILES string of the molecule is Cn1cc(S(=O)(=O)NCC2CCCC2N)cn1. The smallest absolute Gasteiger partial charge is 0.243 e. The van der Waals surface area contributed by atoms with Gasteiger partial charge in [-0.25, -0.2) is 13.1 Å². The number of aromatic nitrogens is 2. The standard InChI is InChI=1S/C10H18N4O2S/c1-14-7-9(6-12-14)17(15,16)13-5-8-3-2-4-10(8)11/h6-8,10,13H,2-5,11H2,1H3. The van der Waals surface area contributed by atoms with Crippen molar-refractivity contribution in [2.75, 3.05) is 6.54 Å². The van der Waals surface area contributed by atoms with Gasteiger partial charge in [0.05, 0.1) is 6.20 Å². The Kier molecular flexibility index (Phi) is 3.50. The summed E-state index contributed by atoms with van der Waals surface area (Å²) in [6, 6.07) is 0.117. The second-order valence-corrected chi connectivity index (χ2v) is 6.32. The minimum atomic E-state index is -3.44. The minimum Gasteiger partial charge on any atom is -0.327 e. The Morgan fingerprint density at radius 2 is 2.35 bits per heavy atom. The van der Waals surface area contributed by atoms with Crippen molar-refractivity contribution in [3.05, 3.63) is 12.4 Å². The summed E-state index contributed by atoms with van der Waals surface area (Å²) in [5.74, 6) is 0.251. The zero-order chi connectivity index (χ0) is 12.5. The van der Waals surface area contributed by atoms with Gasteiger partial charge >= 0.3 is 0 Å². The molecule has 1 aliphatic rings. The predicted molar refractivity (Wildman–Crippen MR) is 63.7 cm³/mol. The molecule has 0 amide bonds. The summed E-state index contributed by atoms with van der Waals surface area (Å²) in [7, 11) is -1.75. The van der Waals surface area contributed by atoms with Gasteiger partial charge in [0.2, 0.25) is 10.0 Å². The second-order valence-electron chi connectivity index (χ2n) is 4.56. The zero-order valence-corrected chi connectivity index (χ0v) is 10.7. The molecule has 1 aromatic heterocycles. The van der Waals surface area contributed by atoms with Crippen LogP contribution >= 0.6 is 0 Å². The first-order valence-corrected chi connectivity index (χ1v) is 7.21. The number of hydrogen-bond acceptors (Lipinski definition) is 4. The molecule has 1 fully saturated rings. The number of nitrogens with two attached hydrogens (primary N) is 1. The van der Waals surface area contributed by atoms with Crippen LogP contribution in [0.3, 0.4) is 0 Å². The molecule has 2 unspecified atom stereocenters. The summed E-state index contributed by atoms with van der Waals surface area (Å²) in [6.45, 7) is 0.415. The van der Waals surface area contributed by atoms with Gasteiger partial charge in [0, 0.05) is 25.8 Å². The van der Waals surface area contributed by atoms with Crippen molar-refractivity contribution in [3.63, 3.8) is 0 Å². The monoisotopic (exact) mass is 258 g/mol. The number of nitrogens with zero attached hydrogens (tertiary/aromatic N) is 2. The number of aryl methyl sites for hydroxylation is 1. The maximum absolute atomic E-state index is 11.9. The molecule has 1 saturated carbocycles. The van der Waals surface area contributed by atoms with Crippen molar-refractivity contribution in [1.29, 1.82) is 0 Å². The van der Waals surface area contributed by atoms with Gasteiger partial charge in [0.1, 0.15) is 4.90 Å². The molecule has 96 valence electrons. The summed E-state index contributed by atoms with van der Waals surface area (Å²) >= 11 is 0. The van der Waals surface area contributed by atoms with Crippen LogP contribution in [-0.2, 0) is 17.1 Å². The van der Waals surface area contributed by atoms with Crippen LogP contribution in [0.2, 0.25) is 0 Å². The molecule has 0 spiro atoms. The van der Waals surface area contributed by atoms with Gasteiger partial charge in [0.15, 0.2) is 0 Å². The maximum atomic E-state index is 11.9. The van der Waals surface area contributed by atoms with Crippen molar-refractivity contribution in [3.8, 4) is 0 Å². The number of sulfonamides is 1. The van der Waals surface area contributed by atoms with Crippen LogP contribution < -0.4 is 10.5 Å². The molecule has 2 rings (SSSR count). The predicted octanol–water partition coefficient (Wildman–Crippen LogP) is -0.174. The molecule has 17 heavy (non-hydrogen) atoms. The largest absolute Gasteiger partial charge is 0.327 e. The highest BCUT2D eigenvalue weighted by molar-refractivity contribution is 7.89. The Labute approximate surface area is 101 Å². The van der Waals surface area contributed by atoms with Crippen LogP contribution in [0, 0.1) is 5.92 Å². The average molecular weight is 258 g/mol. The van der Waals surface area contributed by atoms with Gasteiger partial charge < -0.3 is 5.73 Å². The van der Waals surface area contributed by atoms with Crippen molar-refractivity contribution in [2.24, 2.45) is 18.7 Å². The molecule has 3 N–H and O–H groups in total. The first-order valence-electron chi connectivity index (χ1n) is 5.73. The first kappa shape index (κ1) is 12.5. The number of rotatable bonds is 4. The summed E-state index contributed by atoms with van der Waals surface area (Å²) in [5.41, 5.74) is 5.90. The van der Waals surface area contributed by atoms with E-state index >= 15 is 0 Å². The molecule has 0 radical (unpaired) electrons. The third-order valence-corrected chi connectivity index (χ3v) is 4.62. The van der Waals surface area contributed by atoms with E-state index < -0.39 is 10.0 Å². The van der Waals surface area contributed by atoms with E-state index in [1.807, 2.05) is 0 Å². The van der Waals surface area contributed by atoms with E-state index in [0.717, 1.165) is 19.3 Å². The highest BCUT2D eigenvalue weighted by Crippen LogP contribution is 2.23. The topological polar surface area (TPSA) is 90.0 Å². The second kappa shape index (κ2) is 4.75. The van der Waals surface area contributed by atoms with E-state index in [9.17, 15) is 8.42 Å². The zero-order valence-electron chi connectivity index (χ0n) is 9.83. The normalized spacial score (nSPS) is 25.3. The van der Waals surface area contributed by atoms with Crippen molar-refractivity contribution in [1.82, 2.24) is 14.5 Å². The van der Waals surface area contributed by atoms with E-state index in [4.69, 9.17) is 5.73 Å². The molecule has 2 atom stereocenters. The average Bonchev–Trinajstić information content (AvgIpc) is 2.85. The summed E-state index contributed by atoms with van der Waals surface area (Å²) < 4.78 is 27.9. The Bertz CT molecular complexity index is 482. The molecule has 0 aliphatic heterocycles. The van der Waals surface area contributed by atoms with Gasteiger partial charge in [-0.15, -0.1) is 0 Å². The highest BCUT2D eigenvalue weighted by atomic mass is 32.2. The molecule has 1 aromatic rings. The quantitative estimate of drug-likeness (QED) is 0.784. The van der Waals surface area contributed by atoms with E-state index in [1.54, 1.807) is 7.05 Å². The van der Waals surface area contributed by atoms with E-state index in [-0.39, 0.29) is 16.9 Å². The summed E-state index contributed by atoms with van der Waals surface area (Å²) in [5, 5.41) is 3.85. The Hall–Kier alpha value is -0.920. The Morgan fingerprint density at radius 3 is 2.88 bits per heavy atom. The van der Waals surface area contributed by atoms with Crippen molar-refractivity contribution < 1.29 is 8.42 Å². The lowest BCUT2D eigenvalue weighted by molar-refractivity contribution is 0.469. The molecular weight excluding hydrogens is 240 g/mol. The number of nitrogens with one attached hydrogen (secondary N) is 1. The molecule has 6 nitrogen and oxygen atoms in total. The lowest BCUT2D eigenvalue weighted by atomic mass is 10.1. The van der Waals surface area contributed by atoms with Gasteiger partial charge in [-0.1, -0.05) is 6.42 Å². The van der Waals surface area contributed by atoms with Gasteiger partial charge in [-0.3, -0.25) is 4.68 Å². The van der Waals surface area contributed by atoms with E-state index in [0.29, 0.717) is 6.54 Å². The van der Waals surface area contributed by atoms with Gasteiger partial charge in [-0.2, -0.15) is 5.10 Å². The van der Waals surface area contributed by atoms with Crippen molar-refractivity contribution >= 4 is 10.0 Å². The fraction of sp³-hybridized carbons (Fsp3) is 0.700. The van der Waals surface area contributed by atoms with Gasteiger partial charge in [-0.05, 0) is 18.8 Å². The number of hydrogen-bond donors (Lipinski definition) is 2. The van der Waals surface area contributed by atoms with E-state index in [1.165, 1.54) is 17.1 Å². The Balaban J connectivity index is 1.98. The van der Waals surface area contributed by atoms with Crippen LogP contribution in [0.15, 0.2) is 17.3 Å². The van der Waals surface area contributed by atoms with Crippen LogP contribution in [-0.4, -0.2) is 30.8 Å². The Morgan fingerprint density at radius 1 is 1.59 bits per heavy atom. The maximum Gasteiger partial charge on any atom is 0.243 e. The van der Waals surface area contributed by atoms with Crippen LogP contribution in [0.5, 0.6) is 0 Å². The fourth-order valence-corrected chi connectivity index (χ4v) is 3.23. The van der Waals surface area contributed by atoms with Gasteiger partial charge in [0.25, 0.3) is 0 Å². The lowest BCUT2D eigenvalue weighted by Crippen LogP contribution is -2.35. The molecule has 1 aliphatic carbocycles. The molecular formula is C10H18N4O2S. The minimum absolute atomic E-state index is 0.117. The van der Waals surface area contributed by atoms with Crippen molar-refractivity contribution in [2.45, 2.75) is 30.2 Å². The lowest BCUT2D eigenvalue weighted by Gasteiger charge is -2.15. The highest BCUT2D eigenvalue weighted by Gasteiger charge is 2.26. The third-order valence-electron chi connectivity index (χ3n) is 3.24. The fourth-order valence-electron chi connectivity index (χ4n) is 2.16. The van der Waals surface area contributed by atoms with Crippen LogP contribution in [0.25, 0.3) is 0 Å². The van der Waals surface area contributed by atoms with Crippen LogP contribution in [0.1, 0.15) is 19.3 Å². The molecule has 0 aromatic carbocycles. The molecule has 0 bridgehead atoms. The summed E-state index contributed by atoms with van der Waals surface area (Å²) in [6.07, 6.45) is 5.89. The van der Waals surface area contributed by atoms with Crippen LogP contribution in [0.4, 0.5) is 0 Å². The first-order chi connectivity index (χ1) is 7.99.